The molecule has 1 saturated heterocycles. The van der Waals surface area contributed by atoms with Gasteiger partial charge in [-0.3, -0.25) is 0 Å². The van der Waals surface area contributed by atoms with E-state index in [1.54, 1.807) is 11.8 Å². The first-order chi connectivity index (χ1) is 11.9. The summed E-state index contributed by atoms with van der Waals surface area (Å²) in [7, 11) is -3.88. The minimum absolute atomic E-state index is 0.0730. The molecule has 1 heterocycles. The first kappa shape index (κ1) is 18.7. The first-order valence-corrected chi connectivity index (χ1v) is 11.0. The van der Waals surface area contributed by atoms with E-state index in [1.807, 2.05) is 0 Å². The Balaban J connectivity index is 2.13. The van der Waals surface area contributed by atoms with E-state index in [0.29, 0.717) is 17.9 Å². The van der Waals surface area contributed by atoms with E-state index in [-0.39, 0.29) is 16.4 Å². The van der Waals surface area contributed by atoms with E-state index in [9.17, 15) is 17.2 Å². The quantitative estimate of drug-likeness (QED) is 0.698. The maximum Gasteiger partial charge on any atom is 0.185 e. The summed E-state index contributed by atoms with van der Waals surface area (Å²) in [5.41, 5.74) is -0.0909. The van der Waals surface area contributed by atoms with Gasteiger partial charge in [0.05, 0.1) is 10.1 Å². The fraction of sp³-hybridized carbons (Fsp3) is 0.333. The van der Waals surface area contributed by atoms with Crippen molar-refractivity contribution < 1.29 is 17.2 Å². The summed E-state index contributed by atoms with van der Waals surface area (Å²) in [6.45, 7) is 0. The number of rotatable bonds is 4. The van der Waals surface area contributed by atoms with Crippen LogP contribution in [0, 0.1) is 17.6 Å². The minimum atomic E-state index is -3.88. The molecule has 0 radical (unpaired) electrons. The van der Waals surface area contributed by atoms with Crippen molar-refractivity contribution in [1.29, 1.82) is 0 Å². The van der Waals surface area contributed by atoms with Gasteiger partial charge in [0.1, 0.15) is 11.6 Å². The molecule has 2 aromatic rings. The molecule has 3 rings (SSSR count). The van der Waals surface area contributed by atoms with E-state index < -0.39 is 26.7 Å². The van der Waals surface area contributed by atoms with Crippen LogP contribution in [0.2, 0.25) is 5.02 Å². The van der Waals surface area contributed by atoms with Crippen molar-refractivity contribution in [1.82, 2.24) is 0 Å². The predicted molar refractivity (Wildman–Crippen MR) is 97.8 cm³/mol. The molecule has 2 nitrogen and oxygen atoms in total. The fourth-order valence-corrected chi connectivity index (χ4v) is 6.57. The van der Waals surface area contributed by atoms with Crippen LogP contribution in [0.25, 0.3) is 0 Å². The average molecular weight is 403 g/mol. The van der Waals surface area contributed by atoms with Gasteiger partial charge in [0.15, 0.2) is 9.84 Å². The number of hydrogen-bond donors (Lipinski definition) is 0. The lowest BCUT2D eigenvalue weighted by Crippen LogP contribution is -2.26. The molecule has 2 aromatic carbocycles. The zero-order chi connectivity index (χ0) is 18.0. The number of thioether (sulfide) groups is 1. The Kier molecular flexibility index (Phi) is 5.71. The van der Waals surface area contributed by atoms with Crippen molar-refractivity contribution in [3.63, 3.8) is 0 Å². The zero-order valence-electron chi connectivity index (χ0n) is 13.3. The monoisotopic (exact) mass is 402 g/mol. The summed E-state index contributed by atoms with van der Waals surface area (Å²) in [5, 5.41) is -0.688. The first-order valence-electron chi connectivity index (χ1n) is 7.92. The summed E-state index contributed by atoms with van der Waals surface area (Å²) in [4.78, 5) is 0.0730. The predicted octanol–water partition coefficient (Wildman–Crippen LogP) is 5.28. The molecule has 0 N–H and O–H groups in total. The molecule has 0 bridgehead atoms. The van der Waals surface area contributed by atoms with Gasteiger partial charge in [-0.25, -0.2) is 17.2 Å². The third-order valence-corrected chi connectivity index (χ3v) is 7.97. The summed E-state index contributed by atoms with van der Waals surface area (Å²) < 4.78 is 54.7. The van der Waals surface area contributed by atoms with Gasteiger partial charge in [-0.05, 0) is 72.7 Å². The van der Waals surface area contributed by atoms with Crippen molar-refractivity contribution in [3.05, 3.63) is 64.7 Å². The second-order valence-corrected chi connectivity index (χ2v) is 9.77. The Labute approximate surface area is 155 Å². The molecular weight excluding hydrogens is 386 g/mol. The third kappa shape index (κ3) is 4.01. The van der Waals surface area contributed by atoms with E-state index in [1.165, 1.54) is 24.3 Å². The second-order valence-electron chi connectivity index (χ2n) is 6.04. The number of benzene rings is 2. The van der Waals surface area contributed by atoms with Gasteiger partial charge in [-0.15, -0.1) is 0 Å². The van der Waals surface area contributed by atoms with Gasteiger partial charge in [-0.2, -0.15) is 11.8 Å². The SMILES string of the molecule is O=S(=O)(c1ccc(Cl)cc1)C(c1cc(F)ccc1F)C1CCSCC1. The molecule has 134 valence electrons. The smallest absolute Gasteiger partial charge is 0.185 e. The Morgan fingerprint density at radius 2 is 1.68 bits per heavy atom. The molecule has 0 aliphatic carbocycles. The van der Waals surface area contributed by atoms with Crippen molar-refractivity contribution in [2.75, 3.05) is 11.5 Å². The highest BCUT2D eigenvalue weighted by atomic mass is 35.5. The van der Waals surface area contributed by atoms with E-state index in [4.69, 9.17) is 11.6 Å². The van der Waals surface area contributed by atoms with Crippen LogP contribution in [0.3, 0.4) is 0 Å². The van der Waals surface area contributed by atoms with Crippen molar-refractivity contribution in [2.24, 2.45) is 5.92 Å². The molecule has 1 atom stereocenters. The van der Waals surface area contributed by atoms with Gasteiger partial charge in [-0.1, -0.05) is 11.6 Å². The van der Waals surface area contributed by atoms with Gasteiger partial charge in [0.25, 0.3) is 0 Å². The van der Waals surface area contributed by atoms with Crippen molar-refractivity contribution in [3.8, 4) is 0 Å². The largest absolute Gasteiger partial charge is 0.223 e. The fourth-order valence-electron chi connectivity index (χ4n) is 3.20. The highest BCUT2D eigenvalue weighted by molar-refractivity contribution is 7.99. The third-order valence-electron chi connectivity index (χ3n) is 4.44. The molecule has 7 heteroatoms. The minimum Gasteiger partial charge on any atom is -0.223 e. The lowest BCUT2D eigenvalue weighted by atomic mass is 9.93. The van der Waals surface area contributed by atoms with E-state index in [2.05, 4.69) is 0 Å². The molecule has 1 fully saturated rings. The van der Waals surface area contributed by atoms with Crippen molar-refractivity contribution >= 4 is 33.2 Å². The molecule has 1 unspecified atom stereocenters. The van der Waals surface area contributed by atoms with Gasteiger partial charge >= 0.3 is 0 Å². The second kappa shape index (κ2) is 7.64. The Bertz CT molecular complexity index is 848. The maximum atomic E-state index is 14.4. The standard InChI is InChI=1S/C18H17ClF2O2S2/c19-13-1-4-15(5-2-13)25(22,23)18(12-7-9-24-10-8-12)16-11-14(20)3-6-17(16)21/h1-6,11-12,18H,7-10H2. The van der Waals surface area contributed by atoms with Gasteiger partial charge in [0, 0.05) is 10.6 Å². The summed E-state index contributed by atoms with van der Waals surface area (Å²) in [5.74, 6) is 0.0425. The molecule has 0 amide bonds. The molecule has 1 aliphatic rings. The average Bonchev–Trinajstić information content (AvgIpc) is 2.59. The van der Waals surface area contributed by atoms with Crippen LogP contribution in [0.15, 0.2) is 47.4 Å². The summed E-state index contributed by atoms with van der Waals surface area (Å²) in [6.07, 6.45) is 1.30. The van der Waals surface area contributed by atoms with Gasteiger partial charge in [0.2, 0.25) is 0 Å². The lowest BCUT2D eigenvalue weighted by molar-refractivity contribution is 0.439. The lowest BCUT2D eigenvalue weighted by Gasteiger charge is -2.30. The Morgan fingerprint density at radius 1 is 1.04 bits per heavy atom. The van der Waals surface area contributed by atoms with Crippen LogP contribution in [0.5, 0.6) is 0 Å². The molecule has 0 aromatic heterocycles. The highest BCUT2D eigenvalue weighted by Gasteiger charge is 2.38. The summed E-state index contributed by atoms with van der Waals surface area (Å²) in [6, 6.07) is 8.82. The molecular formula is C18H17ClF2O2S2. The van der Waals surface area contributed by atoms with Crippen LogP contribution in [-0.4, -0.2) is 19.9 Å². The molecule has 0 saturated carbocycles. The van der Waals surface area contributed by atoms with Gasteiger partial charge < -0.3 is 0 Å². The van der Waals surface area contributed by atoms with Crippen molar-refractivity contribution in [2.45, 2.75) is 23.0 Å². The Morgan fingerprint density at radius 3 is 2.32 bits per heavy atom. The highest BCUT2D eigenvalue weighted by Crippen LogP contribution is 2.42. The summed E-state index contributed by atoms with van der Waals surface area (Å²) >= 11 is 7.59. The molecule has 0 spiro atoms. The number of hydrogen-bond acceptors (Lipinski definition) is 3. The molecule has 25 heavy (non-hydrogen) atoms. The van der Waals surface area contributed by atoms with Crippen LogP contribution < -0.4 is 0 Å². The zero-order valence-corrected chi connectivity index (χ0v) is 15.7. The maximum absolute atomic E-state index is 14.4. The van der Waals surface area contributed by atoms with E-state index in [0.717, 1.165) is 29.7 Å². The van der Waals surface area contributed by atoms with Crippen LogP contribution in [-0.2, 0) is 9.84 Å². The van der Waals surface area contributed by atoms with Crippen LogP contribution in [0.1, 0.15) is 23.7 Å². The Hall–Kier alpha value is -1.11. The topological polar surface area (TPSA) is 34.1 Å². The number of halogens is 3. The number of sulfone groups is 1. The molecule has 1 aliphatic heterocycles. The van der Waals surface area contributed by atoms with Crippen LogP contribution in [0.4, 0.5) is 8.78 Å². The normalized spacial score (nSPS) is 17.4. The van der Waals surface area contributed by atoms with E-state index >= 15 is 0 Å². The van der Waals surface area contributed by atoms with Crippen LogP contribution >= 0.6 is 23.4 Å².